The molecule has 3 aromatic carbocycles. The van der Waals surface area contributed by atoms with Crippen LogP contribution in [0.4, 0.5) is 4.39 Å². The molecule has 2 heterocycles. The van der Waals surface area contributed by atoms with Gasteiger partial charge in [0.1, 0.15) is 22.7 Å². The highest BCUT2D eigenvalue weighted by Gasteiger charge is 2.16. The van der Waals surface area contributed by atoms with Crippen LogP contribution < -0.4 is 16.0 Å². The third-order valence-corrected chi connectivity index (χ3v) is 5.46. The molecule has 0 aliphatic carbocycles. The molecule has 0 atom stereocenters. The van der Waals surface area contributed by atoms with Crippen LogP contribution in [-0.2, 0) is 0 Å². The first-order valence-corrected chi connectivity index (χ1v) is 10.5. The number of carbonyl (C=O) groups is 1. The van der Waals surface area contributed by atoms with Gasteiger partial charge in [0.2, 0.25) is 0 Å². The first-order chi connectivity index (χ1) is 15.9. The van der Waals surface area contributed by atoms with Crippen molar-refractivity contribution in [1.82, 2.24) is 0 Å². The molecule has 0 N–H and O–H groups in total. The third-order valence-electron chi connectivity index (χ3n) is 4.97. The Morgan fingerprint density at radius 1 is 0.848 bits per heavy atom. The molecule has 0 spiro atoms. The van der Waals surface area contributed by atoms with E-state index >= 15 is 0 Å². The summed E-state index contributed by atoms with van der Waals surface area (Å²) >= 11 is 3.38. The maximum atomic E-state index is 13.4. The zero-order valence-corrected chi connectivity index (χ0v) is 18.2. The van der Waals surface area contributed by atoms with Crippen LogP contribution in [0.1, 0.15) is 10.4 Å². The molecule has 5 aromatic rings. The smallest absolute Gasteiger partial charge is 0.344 e. The van der Waals surface area contributed by atoms with E-state index in [0.29, 0.717) is 21.9 Å². The van der Waals surface area contributed by atoms with Gasteiger partial charge in [-0.15, -0.1) is 0 Å². The van der Waals surface area contributed by atoms with E-state index in [1.54, 1.807) is 30.3 Å². The van der Waals surface area contributed by atoms with Gasteiger partial charge >= 0.3 is 17.2 Å². The van der Waals surface area contributed by atoms with Crippen LogP contribution >= 0.6 is 15.9 Å². The second-order valence-corrected chi connectivity index (χ2v) is 8.08. The molecule has 0 amide bonds. The second-order valence-electron chi connectivity index (χ2n) is 7.17. The molecule has 8 heteroatoms. The van der Waals surface area contributed by atoms with Crippen molar-refractivity contribution in [3.8, 4) is 16.9 Å². The Labute approximate surface area is 193 Å². The van der Waals surface area contributed by atoms with Crippen molar-refractivity contribution in [3.63, 3.8) is 0 Å². The van der Waals surface area contributed by atoms with Gasteiger partial charge in [-0.3, -0.25) is 0 Å². The first-order valence-electron chi connectivity index (χ1n) is 9.67. The number of fused-ring (bicyclic) bond motifs is 2. The van der Waals surface area contributed by atoms with Gasteiger partial charge in [-0.2, -0.15) is 0 Å². The van der Waals surface area contributed by atoms with Gasteiger partial charge in [-0.25, -0.2) is 18.8 Å². The fraction of sp³-hybridized carbons (Fsp3) is 0. The van der Waals surface area contributed by atoms with Crippen molar-refractivity contribution in [2.75, 3.05) is 0 Å². The van der Waals surface area contributed by atoms with Crippen molar-refractivity contribution in [1.29, 1.82) is 0 Å². The average Bonchev–Trinajstić information content (AvgIpc) is 2.78. The highest BCUT2D eigenvalue weighted by molar-refractivity contribution is 9.10. The highest BCUT2D eigenvalue weighted by atomic mass is 79.9. The molecule has 162 valence electrons. The fourth-order valence-corrected chi connectivity index (χ4v) is 3.87. The van der Waals surface area contributed by atoms with Crippen LogP contribution in [0.5, 0.6) is 5.75 Å². The molecule has 33 heavy (non-hydrogen) atoms. The quantitative estimate of drug-likeness (QED) is 0.177. The van der Waals surface area contributed by atoms with Gasteiger partial charge < -0.3 is 13.6 Å². The first kappa shape index (κ1) is 20.8. The number of benzene rings is 3. The summed E-state index contributed by atoms with van der Waals surface area (Å²) in [4.78, 5) is 37.2. The van der Waals surface area contributed by atoms with E-state index in [0.717, 1.165) is 10.5 Å². The van der Waals surface area contributed by atoms with Gasteiger partial charge in [-0.05, 0) is 54.6 Å². The Morgan fingerprint density at radius 2 is 1.70 bits per heavy atom. The van der Waals surface area contributed by atoms with Crippen molar-refractivity contribution >= 4 is 43.8 Å². The molecule has 0 unspecified atom stereocenters. The Kier molecular flexibility index (Phi) is 5.14. The Morgan fingerprint density at radius 3 is 2.52 bits per heavy atom. The molecule has 0 aliphatic heterocycles. The molecular formula is C25H12BrFO6. The van der Waals surface area contributed by atoms with Crippen molar-refractivity contribution in [3.05, 3.63) is 109 Å². The Hall–Kier alpha value is -4.04. The number of rotatable bonds is 3. The van der Waals surface area contributed by atoms with Crippen LogP contribution in [0.15, 0.2) is 95.7 Å². The maximum absolute atomic E-state index is 13.4. The standard InChI is InChI=1S/C25H12BrFO6/c26-15-4-7-21-14(8-15)10-20(25(30)33-21)19-12-23(28)32-22-11-17(5-6-18(19)22)31-24(29)13-2-1-3-16(27)9-13/h1-12H. The van der Waals surface area contributed by atoms with Crippen LogP contribution in [0.25, 0.3) is 33.1 Å². The topological polar surface area (TPSA) is 86.7 Å². The summed E-state index contributed by atoms with van der Waals surface area (Å²) in [5, 5.41) is 1.11. The molecule has 0 fully saturated rings. The predicted octanol–water partition coefficient (Wildman–Crippen LogP) is 5.69. The maximum Gasteiger partial charge on any atom is 0.344 e. The number of hydrogen-bond donors (Lipinski definition) is 0. The van der Waals surface area contributed by atoms with Crippen LogP contribution in [0, 0.1) is 5.82 Å². The predicted molar refractivity (Wildman–Crippen MR) is 123 cm³/mol. The van der Waals surface area contributed by atoms with Gasteiger partial charge in [0, 0.05) is 32.9 Å². The Balaban J connectivity index is 1.60. The molecule has 0 radical (unpaired) electrons. The summed E-state index contributed by atoms with van der Waals surface area (Å²) in [6, 6.07) is 17.5. The number of halogens is 2. The minimum atomic E-state index is -0.770. The molecule has 0 saturated heterocycles. The van der Waals surface area contributed by atoms with E-state index in [1.165, 1.54) is 36.4 Å². The van der Waals surface area contributed by atoms with E-state index in [4.69, 9.17) is 13.6 Å². The zero-order chi connectivity index (χ0) is 23.1. The summed E-state index contributed by atoms with van der Waals surface area (Å²) in [6.07, 6.45) is 0. The second kappa shape index (κ2) is 8.14. The van der Waals surface area contributed by atoms with Gasteiger partial charge in [0.25, 0.3) is 0 Å². The van der Waals surface area contributed by atoms with Crippen LogP contribution in [-0.4, -0.2) is 5.97 Å². The molecule has 6 nitrogen and oxygen atoms in total. The number of hydrogen-bond acceptors (Lipinski definition) is 6. The minimum Gasteiger partial charge on any atom is -0.423 e. The lowest BCUT2D eigenvalue weighted by atomic mass is 10.0. The largest absolute Gasteiger partial charge is 0.423 e. The van der Waals surface area contributed by atoms with Gasteiger partial charge in [-0.1, -0.05) is 22.0 Å². The average molecular weight is 507 g/mol. The van der Waals surface area contributed by atoms with E-state index < -0.39 is 23.0 Å². The summed E-state index contributed by atoms with van der Waals surface area (Å²) in [5.41, 5.74) is -0.257. The van der Waals surface area contributed by atoms with Crippen LogP contribution in [0.3, 0.4) is 0 Å². The van der Waals surface area contributed by atoms with Gasteiger partial charge in [0.15, 0.2) is 0 Å². The fourth-order valence-electron chi connectivity index (χ4n) is 3.49. The molecule has 0 bridgehead atoms. The normalized spacial score (nSPS) is 11.1. The SMILES string of the molecule is O=C(Oc1ccc2c(-c3cc4cc(Br)ccc4oc3=O)cc(=O)oc2c1)c1cccc(F)c1. The lowest BCUT2D eigenvalue weighted by Gasteiger charge is -2.08. The Bertz CT molecular complexity index is 1680. The minimum absolute atomic E-state index is 0.0326. The monoisotopic (exact) mass is 506 g/mol. The van der Waals surface area contributed by atoms with Crippen molar-refractivity contribution < 1.29 is 22.8 Å². The molecular weight excluding hydrogens is 495 g/mol. The summed E-state index contributed by atoms with van der Waals surface area (Å²) in [5.74, 6) is -1.25. The molecule has 0 saturated carbocycles. The van der Waals surface area contributed by atoms with Crippen molar-refractivity contribution in [2.24, 2.45) is 0 Å². The lowest BCUT2D eigenvalue weighted by molar-refractivity contribution is 0.0734. The van der Waals surface area contributed by atoms with E-state index in [2.05, 4.69) is 15.9 Å². The van der Waals surface area contributed by atoms with Gasteiger partial charge in [0.05, 0.1) is 11.1 Å². The number of esters is 1. The van der Waals surface area contributed by atoms with Crippen LogP contribution in [0.2, 0.25) is 0 Å². The number of carbonyl (C=O) groups excluding carboxylic acids is 1. The molecule has 2 aromatic heterocycles. The van der Waals surface area contributed by atoms with E-state index in [9.17, 15) is 18.8 Å². The molecule has 5 rings (SSSR count). The summed E-state index contributed by atoms with van der Waals surface area (Å²) in [7, 11) is 0. The highest BCUT2D eigenvalue weighted by Crippen LogP contribution is 2.30. The lowest BCUT2D eigenvalue weighted by Crippen LogP contribution is -2.09. The zero-order valence-electron chi connectivity index (χ0n) is 16.6. The molecule has 0 aliphatic rings. The third kappa shape index (κ3) is 4.08. The van der Waals surface area contributed by atoms with E-state index in [-0.39, 0.29) is 22.5 Å². The summed E-state index contributed by atoms with van der Waals surface area (Å²) < 4.78 is 30.2. The van der Waals surface area contributed by atoms with Crippen molar-refractivity contribution in [2.45, 2.75) is 0 Å². The summed E-state index contributed by atoms with van der Waals surface area (Å²) in [6.45, 7) is 0. The number of ether oxygens (including phenoxy) is 1. The van der Waals surface area contributed by atoms with E-state index in [1.807, 2.05) is 0 Å².